The number of benzene rings is 2. The summed E-state index contributed by atoms with van der Waals surface area (Å²) in [6, 6.07) is 10.4. The fourth-order valence-corrected chi connectivity index (χ4v) is 2.58. The van der Waals surface area contributed by atoms with Crippen LogP contribution >= 0.6 is 11.6 Å². The van der Waals surface area contributed by atoms with Crippen molar-refractivity contribution < 1.29 is 14.3 Å². The number of hydrogen-bond donors (Lipinski definition) is 2. The summed E-state index contributed by atoms with van der Waals surface area (Å²) < 4.78 is 10.0. The Kier molecular flexibility index (Phi) is 5.90. The Hall–Kier alpha value is -3.39. The number of carbonyl (C=O) groups is 1. The number of nitrogens with zero attached hydrogens (tertiary/aromatic N) is 3. The van der Waals surface area contributed by atoms with Crippen LogP contribution in [0.4, 0.5) is 23.1 Å². The maximum atomic E-state index is 11.5. The molecule has 0 radical (unpaired) electrons. The summed E-state index contributed by atoms with van der Waals surface area (Å²) in [4.78, 5) is 15.9. The van der Waals surface area contributed by atoms with E-state index in [4.69, 9.17) is 16.3 Å². The molecule has 0 atom stereocenters. The Labute approximate surface area is 166 Å². The van der Waals surface area contributed by atoms with E-state index in [0.717, 1.165) is 11.3 Å². The van der Waals surface area contributed by atoms with Gasteiger partial charge < -0.3 is 20.1 Å². The fraction of sp³-hybridized carbons (Fsp3) is 0.158. The number of carbonyl (C=O) groups excluding carboxylic acids is 1. The van der Waals surface area contributed by atoms with Crippen molar-refractivity contribution in [3.63, 3.8) is 0 Å². The van der Waals surface area contributed by atoms with E-state index in [0.29, 0.717) is 27.8 Å². The highest BCUT2D eigenvalue weighted by Gasteiger charge is 2.10. The van der Waals surface area contributed by atoms with E-state index >= 15 is 0 Å². The lowest BCUT2D eigenvalue weighted by Crippen LogP contribution is -2.04. The summed E-state index contributed by atoms with van der Waals surface area (Å²) in [5.41, 5.74) is 2.75. The number of halogens is 1. The summed E-state index contributed by atoms with van der Waals surface area (Å²) >= 11 is 6.13. The van der Waals surface area contributed by atoms with Gasteiger partial charge in [0.25, 0.3) is 0 Å². The SMILES string of the molecule is COC(=O)c1ccc(Nc2cnnc(Nc3cc(C)c(Cl)cc3OC)n2)cc1. The minimum Gasteiger partial charge on any atom is -0.495 e. The van der Waals surface area contributed by atoms with Gasteiger partial charge in [0.15, 0.2) is 5.82 Å². The highest BCUT2D eigenvalue weighted by Crippen LogP contribution is 2.32. The molecule has 1 heterocycles. The average molecular weight is 400 g/mol. The van der Waals surface area contributed by atoms with Crippen LogP contribution < -0.4 is 15.4 Å². The molecule has 9 heteroatoms. The van der Waals surface area contributed by atoms with Crippen molar-refractivity contribution in [1.82, 2.24) is 15.2 Å². The van der Waals surface area contributed by atoms with Crippen molar-refractivity contribution in [3.8, 4) is 5.75 Å². The zero-order valence-corrected chi connectivity index (χ0v) is 16.2. The van der Waals surface area contributed by atoms with Crippen LogP contribution in [0.3, 0.4) is 0 Å². The van der Waals surface area contributed by atoms with Crippen molar-refractivity contribution in [2.75, 3.05) is 24.9 Å². The van der Waals surface area contributed by atoms with Crippen LogP contribution in [-0.4, -0.2) is 35.4 Å². The highest BCUT2D eigenvalue weighted by atomic mass is 35.5. The van der Waals surface area contributed by atoms with Crippen molar-refractivity contribution in [2.45, 2.75) is 6.92 Å². The monoisotopic (exact) mass is 399 g/mol. The van der Waals surface area contributed by atoms with E-state index in [2.05, 4.69) is 30.6 Å². The molecule has 28 heavy (non-hydrogen) atoms. The summed E-state index contributed by atoms with van der Waals surface area (Å²) in [5.74, 6) is 0.939. The van der Waals surface area contributed by atoms with Crippen LogP contribution in [0.5, 0.6) is 5.75 Å². The van der Waals surface area contributed by atoms with Gasteiger partial charge in [-0.1, -0.05) is 11.6 Å². The predicted molar refractivity (Wildman–Crippen MR) is 107 cm³/mol. The summed E-state index contributed by atoms with van der Waals surface area (Å²) in [6.07, 6.45) is 1.49. The van der Waals surface area contributed by atoms with E-state index in [1.807, 2.05) is 13.0 Å². The van der Waals surface area contributed by atoms with Crippen molar-refractivity contribution in [3.05, 3.63) is 58.7 Å². The lowest BCUT2D eigenvalue weighted by molar-refractivity contribution is 0.0601. The smallest absolute Gasteiger partial charge is 0.337 e. The first kappa shape index (κ1) is 19.4. The number of nitrogens with one attached hydrogen (secondary N) is 2. The molecule has 0 spiro atoms. The number of ether oxygens (including phenoxy) is 2. The molecule has 0 fully saturated rings. The quantitative estimate of drug-likeness (QED) is 0.597. The topological polar surface area (TPSA) is 98.3 Å². The van der Waals surface area contributed by atoms with Gasteiger partial charge in [0.1, 0.15) is 5.75 Å². The van der Waals surface area contributed by atoms with Gasteiger partial charge in [-0.15, -0.1) is 5.10 Å². The maximum Gasteiger partial charge on any atom is 0.337 e. The number of rotatable bonds is 6. The van der Waals surface area contributed by atoms with Crippen molar-refractivity contribution in [1.29, 1.82) is 0 Å². The van der Waals surface area contributed by atoms with E-state index in [-0.39, 0.29) is 5.95 Å². The third-order valence-electron chi connectivity index (χ3n) is 3.86. The molecule has 8 nitrogen and oxygen atoms in total. The molecule has 0 bridgehead atoms. The fourth-order valence-electron chi connectivity index (χ4n) is 2.42. The number of methoxy groups -OCH3 is 2. The Morgan fingerprint density at radius 1 is 1.11 bits per heavy atom. The molecule has 1 aromatic heterocycles. The summed E-state index contributed by atoms with van der Waals surface area (Å²) in [7, 11) is 2.90. The largest absolute Gasteiger partial charge is 0.495 e. The maximum absolute atomic E-state index is 11.5. The number of esters is 1. The molecule has 0 aliphatic heterocycles. The number of aryl methyl sites for hydroxylation is 1. The van der Waals surface area contributed by atoms with Gasteiger partial charge in [-0.3, -0.25) is 0 Å². The number of hydrogen-bond acceptors (Lipinski definition) is 8. The van der Waals surface area contributed by atoms with Crippen LogP contribution in [0.15, 0.2) is 42.6 Å². The van der Waals surface area contributed by atoms with E-state index in [1.165, 1.54) is 13.3 Å². The van der Waals surface area contributed by atoms with Gasteiger partial charge in [0, 0.05) is 16.8 Å². The molecule has 0 aliphatic carbocycles. The zero-order chi connectivity index (χ0) is 20.1. The molecule has 2 N–H and O–H groups in total. The average Bonchev–Trinajstić information content (AvgIpc) is 2.71. The van der Waals surface area contributed by atoms with Crippen LogP contribution in [0.25, 0.3) is 0 Å². The second-order valence-electron chi connectivity index (χ2n) is 5.79. The van der Waals surface area contributed by atoms with Crippen LogP contribution in [0.2, 0.25) is 5.02 Å². The van der Waals surface area contributed by atoms with Gasteiger partial charge in [-0.2, -0.15) is 10.1 Å². The summed E-state index contributed by atoms with van der Waals surface area (Å²) in [5, 5.41) is 14.7. The lowest BCUT2D eigenvalue weighted by atomic mass is 10.2. The first-order chi connectivity index (χ1) is 13.5. The van der Waals surface area contributed by atoms with Crippen LogP contribution in [-0.2, 0) is 4.74 Å². The van der Waals surface area contributed by atoms with Crippen LogP contribution in [0, 0.1) is 6.92 Å². The molecule has 3 aromatic rings. The number of anilines is 4. The minimum atomic E-state index is -0.394. The van der Waals surface area contributed by atoms with E-state index in [1.54, 1.807) is 37.4 Å². The Morgan fingerprint density at radius 3 is 2.54 bits per heavy atom. The normalized spacial score (nSPS) is 10.3. The minimum absolute atomic E-state index is 0.288. The van der Waals surface area contributed by atoms with E-state index < -0.39 is 5.97 Å². The number of aromatic nitrogens is 3. The van der Waals surface area contributed by atoms with E-state index in [9.17, 15) is 4.79 Å². The Balaban J connectivity index is 1.78. The standard InChI is InChI=1S/C19H18ClN5O3/c1-11-8-15(16(27-2)9-14(11)20)23-19-24-17(10-21-25-19)22-13-6-4-12(5-7-13)18(26)28-3/h4-10H,1-3H3,(H2,22,23,24,25). The first-order valence-electron chi connectivity index (χ1n) is 8.26. The van der Waals surface area contributed by atoms with Crippen molar-refractivity contribution in [2.24, 2.45) is 0 Å². The lowest BCUT2D eigenvalue weighted by Gasteiger charge is -2.12. The third kappa shape index (κ3) is 4.47. The molecule has 144 valence electrons. The second kappa shape index (κ2) is 8.53. The van der Waals surface area contributed by atoms with Gasteiger partial charge >= 0.3 is 5.97 Å². The highest BCUT2D eigenvalue weighted by molar-refractivity contribution is 6.31. The zero-order valence-electron chi connectivity index (χ0n) is 15.5. The Morgan fingerprint density at radius 2 is 1.86 bits per heavy atom. The second-order valence-corrected chi connectivity index (χ2v) is 6.19. The molecule has 0 unspecified atom stereocenters. The van der Waals surface area contributed by atoms with Gasteiger partial charge in [-0.05, 0) is 42.8 Å². The van der Waals surface area contributed by atoms with Crippen LogP contribution in [0.1, 0.15) is 15.9 Å². The molecular weight excluding hydrogens is 382 g/mol. The summed E-state index contributed by atoms with van der Waals surface area (Å²) in [6.45, 7) is 1.89. The molecule has 3 rings (SSSR count). The molecule has 0 saturated heterocycles. The molecule has 2 aromatic carbocycles. The van der Waals surface area contributed by atoms with Gasteiger partial charge in [0.05, 0.1) is 31.7 Å². The van der Waals surface area contributed by atoms with Gasteiger partial charge in [-0.25, -0.2) is 4.79 Å². The molecule has 0 saturated carbocycles. The van der Waals surface area contributed by atoms with Gasteiger partial charge in [0.2, 0.25) is 5.95 Å². The Bertz CT molecular complexity index is 995. The third-order valence-corrected chi connectivity index (χ3v) is 4.27. The molecule has 0 aliphatic rings. The molecule has 0 amide bonds. The van der Waals surface area contributed by atoms with Crippen molar-refractivity contribution >= 4 is 40.7 Å². The molecular formula is C19H18ClN5O3. The predicted octanol–water partition coefficient (Wildman–Crippen LogP) is 4.12. The first-order valence-corrected chi connectivity index (χ1v) is 8.64.